The summed E-state index contributed by atoms with van der Waals surface area (Å²) in [7, 11) is 0. The first-order valence-corrected chi connectivity index (χ1v) is 15.8. The molecule has 0 aromatic carbocycles. The standard InChI is InChI=1S/C31H52O13/c1-5-6-7-8-9-10-11-12-13-14-15-16-38-31-29(42-22(4)34)26(36)23(18-40-31)44-30-27(37)28(41-21(3)33)24(19-39-30)43-25(35)17-20(2)32/h12-13,20,23-24,26-32,36-37H,5-11,14-19H2,1-4H3. The highest BCUT2D eigenvalue weighted by Crippen LogP contribution is 2.28. The predicted octanol–water partition coefficient (Wildman–Crippen LogP) is 2.46. The quantitative estimate of drug-likeness (QED) is 0.0820. The number of carbonyl (C=O) groups is 3. The van der Waals surface area contributed by atoms with Crippen LogP contribution in [0.2, 0.25) is 0 Å². The molecule has 2 heterocycles. The third-order valence-electron chi connectivity index (χ3n) is 7.16. The summed E-state index contributed by atoms with van der Waals surface area (Å²) in [5, 5.41) is 31.4. The maximum atomic E-state index is 12.1. The molecule has 0 bridgehead atoms. The van der Waals surface area contributed by atoms with Crippen LogP contribution in [0, 0.1) is 0 Å². The van der Waals surface area contributed by atoms with Gasteiger partial charge in [0, 0.05) is 13.8 Å². The molecular formula is C31H52O13. The number of esters is 3. The highest BCUT2D eigenvalue weighted by Gasteiger charge is 2.49. The van der Waals surface area contributed by atoms with Crippen molar-refractivity contribution in [3.05, 3.63) is 12.2 Å². The van der Waals surface area contributed by atoms with E-state index < -0.39 is 73.2 Å². The second-order valence-corrected chi connectivity index (χ2v) is 11.3. The van der Waals surface area contributed by atoms with Crippen LogP contribution in [0.4, 0.5) is 0 Å². The van der Waals surface area contributed by atoms with Crippen LogP contribution in [0.1, 0.15) is 91.9 Å². The van der Waals surface area contributed by atoms with Gasteiger partial charge in [-0.2, -0.15) is 0 Å². The van der Waals surface area contributed by atoms with E-state index >= 15 is 0 Å². The number of ether oxygens (including phenoxy) is 7. The van der Waals surface area contributed by atoms with E-state index in [1.54, 1.807) is 0 Å². The summed E-state index contributed by atoms with van der Waals surface area (Å²) in [5.74, 6) is -2.17. The average molecular weight is 633 g/mol. The molecule has 2 aliphatic rings. The molecule has 0 spiro atoms. The Balaban J connectivity index is 1.87. The fraction of sp³-hybridized carbons (Fsp3) is 0.839. The molecule has 9 atom stereocenters. The maximum Gasteiger partial charge on any atom is 0.308 e. The summed E-state index contributed by atoms with van der Waals surface area (Å²) in [6.45, 7) is 5.77. The zero-order valence-corrected chi connectivity index (χ0v) is 26.5. The second kappa shape index (κ2) is 20.8. The van der Waals surface area contributed by atoms with E-state index in [0.717, 1.165) is 19.8 Å². The Morgan fingerprint density at radius 1 is 0.795 bits per heavy atom. The Morgan fingerprint density at radius 2 is 1.39 bits per heavy atom. The Hall–Kier alpha value is -2.13. The SMILES string of the molecule is CCCCCCCCC=CCCCOC1OCC(OC2OCC(OC(=O)CC(C)O)C(OC(C)=O)C2O)C(O)C1OC(C)=O. The Morgan fingerprint density at radius 3 is 2.05 bits per heavy atom. The smallest absolute Gasteiger partial charge is 0.308 e. The molecule has 0 radical (unpaired) electrons. The van der Waals surface area contributed by atoms with Crippen LogP contribution in [-0.2, 0) is 47.5 Å². The molecular weight excluding hydrogens is 580 g/mol. The third-order valence-corrected chi connectivity index (χ3v) is 7.16. The topological polar surface area (TPSA) is 177 Å². The van der Waals surface area contributed by atoms with Crippen LogP contribution < -0.4 is 0 Å². The summed E-state index contributed by atoms with van der Waals surface area (Å²) < 4.78 is 38.6. The van der Waals surface area contributed by atoms with Gasteiger partial charge in [0.2, 0.25) is 0 Å². The van der Waals surface area contributed by atoms with E-state index in [2.05, 4.69) is 19.1 Å². The molecule has 0 aliphatic carbocycles. The highest BCUT2D eigenvalue weighted by molar-refractivity contribution is 5.70. The van der Waals surface area contributed by atoms with Gasteiger partial charge >= 0.3 is 17.9 Å². The normalized spacial score (nSPS) is 29.7. The molecule has 0 amide bonds. The molecule has 9 unspecified atom stereocenters. The fourth-order valence-corrected chi connectivity index (χ4v) is 4.96. The van der Waals surface area contributed by atoms with Crippen molar-refractivity contribution in [3.63, 3.8) is 0 Å². The van der Waals surface area contributed by atoms with Crippen LogP contribution in [0.15, 0.2) is 12.2 Å². The van der Waals surface area contributed by atoms with Crippen molar-refractivity contribution in [2.24, 2.45) is 0 Å². The summed E-state index contributed by atoms with van der Waals surface area (Å²) in [6, 6.07) is 0. The van der Waals surface area contributed by atoms with Gasteiger partial charge in [-0.05, 0) is 32.6 Å². The average Bonchev–Trinajstić information content (AvgIpc) is 2.94. The number of carbonyl (C=O) groups excluding carboxylic acids is 3. The van der Waals surface area contributed by atoms with Gasteiger partial charge in [-0.15, -0.1) is 0 Å². The van der Waals surface area contributed by atoms with E-state index in [1.165, 1.54) is 52.4 Å². The third kappa shape index (κ3) is 13.9. The van der Waals surface area contributed by atoms with Crippen molar-refractivity contribution in [1.82, 2.24) is 0 Å². The number of allylic oxidation sites excluding steroid dienone is 2. The van der Waals surface area contributed by atoms with Gasteiger partial charge in [0.1, 0.15) is 18.3 Å². The lowest BCUT2D eigenvalue weighted by Crippen LogP contribution is -2.61. The first kappa shape index (κ1) is 38.1. The van der Waals surface area contributed by atoms with Gasteiger partial charge < -0.3 is 48.5 Å². The van der Waals surface area contributed by atoms with Crippen molar-refractivity contribution >= 4 is 17.9 Å². The van der Waals surface area contributed by atoms with E-state index in [1.807, 2.05) is 0 Å². The molecule has 2 aliphatic heterocycles. The lowest BCUT2D eigenvalue weighted by molar-refractivity contribution is -0.330. The molecule has 0 aromatic heterocycles. The minimum atomic E-state index is -1.61. The van der Waals surface area contributed by atoms with Crippen molar-refractivity contribution < 1.29 is 62.9 Å². The lowest BCUT2D eigenvalue weighted by Gasteiger charge is -2.43. The number of rotatable bonds is 19. The van der Waals surface area contributed by atoms with Gasteiger partial charge in [0.15, 0.2) is 30.9 Å². The minimum Gasteiger partial charge on any atom is -0.456 e. The van der Waals surface area contributed by atoms with Gasteiger partial charge in [-0.1, -0.05) is 51.2 Å². The molecule has 0 saturated carbocycles. The number of aliphatic hydroxyl groups is 3. The first-order valence-electron chi connectivity index (χ1n) is 15.8. The molecule has 2 rings (SSSR count). The maximum absolute atomic E-state index is 12.1. The predicted molar refractivity (Wildman–Crippen MR) is 156 cm³/mol. The molecule has 13 heteroatoms. The van der Waals surface area contributed by atoms with Crippen LogP contribution in [-0.4, -0.2) is 108 Å². The zero-order chi connectivity index (χ0) is 32.5. The van der Waals surface area contributed by atoms with Crippen molar-refractivity contribution in [1.29, 1.82) is 0 Å². The van der Waals surface area contributed by atoms with Crippen molar-refractivity contribution in [2.75, 3.05) is 19.8 Å². The number of hydrogen-bond acceptors (Lipinski definition) is 13. The Bertz CT molecular complexity index is 879. The summed E-state index contributed by atoms with van der Waals surface area (Å²) in [6.07, 6.45) is 2.87. The number of hydrogen-bond donors (Lipinski definition) is 3. The van der Waals surface area contributed by atoms with Gasteiger partial charge in [-0.3, -0.25) is 14.4 Å². The van der Waals surface area contributed by atoms with E-state index in [4.69, 9.17) is 33.2 Å². The van der Waals surface area contributed by atoms with Crippen LogP contribution >= 0.6 is 0 Å². The molecule has 13 nitrogen and oxygen atoms in total. The monoisotopic (exact) mass is 632 g/mol. The van der Waals surface area contributed by atoms with E-state index in [9.17, 15) is 29.7 Å². The molecule has 2 fully saturated rings. The van der Waals surface area contributed by atoms with Crippen molar-refractivity contribution in [3.8, 4) is 0 Å². The molecule has 44 heavy (non-hydrogen) atoms. The van der Waals surface area contributed by atoms with Gasteiger partial charge in [-0.25, -0.2) is 0 Å². The van der Waals surface area contributed by atoms with Crippen LogP contribution in [0.25, 0.3) is 0 Å². The largest absolute Gasteiger partial charge is 0.456 e. The van der Waals surface area contributed by atoms with E-state index in [-0.39, 0.29) is 19.6 Å². The first-order chi connectivity index (χ1) is 21.0. The van der Waals surface area contributed by atoms with Gasteiger partial charge in [0.05, 0.1) is 32.3 Å². The summed E-state index contributed by atoms with van der Waals surface area (Å²) >= 11 is 0. The molecule has 2 saturated heterocycles. The fourth-order valence-electron chi connectivity index (χ4n) is 4.96. The second-order valence-electron chi connectivity index (χ2n) is 11.3. The summed E-state index contributed by atoms with van der Waals surface area (Å²) in [4.78, 5) is 35.6. The Kier molecular flexibility index (Phi) is 18.0. The molecule has 0 aromatic rings. The minimum absolute atomic E-state index is 0.181. The Labute approximate surface area is 260 Å². The van der Waals surface area contributed by atoms with Gasteiger partial charge in [0.25, 0.3) is 0 Å². The van der Waals surface area contributed by atoms with Crippen molar-refractivity contribution in [2.45, 2.75) is 147 Å². The molecule has 254 valence electrons. The summed E-state index contributed by atoms with van der Waals surface area (Å²) in [5.41, 5.74) is 0. The number of aliphatic hydroxyl groups excluding tert-OH is 3. The number of unbranched alkanes of at least 4 members (excludes halogenated alkanes) is 7. The van der Waals surface area contributed by atoms with Crippen LogP contribution in [0.5, 0.6) is 0 Å². The highest BCUT2D eigenvalue weighted by atomic mass is 16.7. The lowest BCUT2D eigenvalue weighted by atomic mass is 10.0. The van der Waals surface area contributed by atoms with Crippen LogP contribution in [0.3, 0.4) is 0 Å². The van der Waals surface area contributed by atoms with E-state index in [0.29, 0.717) is 13.0 Å². The molecule has 3 N–H and O–H groups in total. The zero-order valence-electron chi connectivity index (χ0n) is 26.5.